The summed E-state index contributed by atoms with van der Waals surface area (Å²) in [6, 6.07) is 11.1. The molecule has 6 heterocycles. The van der Waals surface area contributed by atoms with Crippen molar-refractivity contribution in [2.24, 2.45) is 0 Å². The maximum atomic E-state index is 15.0. The number of anilines is 1. The van der Waals surface area contributed by atoms with Crippen molar-refractivity contribution >= 4 is 28.5 Å². The molecular weight excluding hydrogens is 623 g/mol. The first-order valence-corrected chi connectivity index (χ1v) is 16.5. The number of carboxylic acid groups (broad SMARTS) is 1. The average Bonchev–Trinajstić information content (AvgIpc) is 3.84. The molecule has 0 spiro atoms. The molecule has 2 bridgehead atoms. The second-order valence-corrected chi connectivity index (χ2v) is 13.5. The number of piperidine rings is 1. The predicted molar refractivity (Wildman–Crippen MR) is 174 cm³/mol. The van der Waals surface area contributed by atoms with Crippen LogP contribution in [0.1, 0.15) is 47.6 Å². The molecule has 1 aromatic heterocycles. The number of esters is 1. The molecule has 3 aromatic rings. The molecule has 48 heavy (non-hydrogen) atoms. The zero-order valence-electron chi connectivity index (χ0n) is 27.3. The van der Waals surface area contributed by atoms with E-state index in [2.05, 4.69) is 16.8 Å². The number of carbonyl (C=O) groups excluding carboxylic acids is 1. The van der Waals surface area contributed by atoms with E-state index in [-0.39, 0.29) is 42.3 Å². The van der Waals surface area contributed by atoms with Gasteiger partial charge in [0.1, 0.15) is 42.1 Å². The summed E-state index contributed by atoms with van der Waals surface area (Å²) in [6.45, 7) is 4.85. The van der Waals surface area contributed by atoms with Crippen molar-refractivity contribution in [3.63, 3.8) is 0 Å². The third kappa shape index (κ3) is 5.72. The van der Waals surface area contributed by atoms with Crippen molar-refractivity contribution < 1.29 is 38.4 Å². The number of hydrogen-bond donors (Lipinski definition) is 2. The van der Waals surface area contributed by atoms with E-state index in [9.17, 15) is 29.0 Å². The van der Waals surface area contributed by atoms with Gasteiger partial charge in [0.2, 0.25) is 5.43 Å². The van der Waals surface area contributed by atoms with Gasteiger partial charge in [0, 0.05) is 57.3 Å². The summed E-state index contributed by atoms with van der Waals surface area (Å²) in [7, 11) is 4.14. The highest BCUT2D eigenvalue weighted by Gasteiger charge is 2.62. The first-order chi connectivity index (χ1) is 23.1. The van der Waals surface area contributed by atoms with E-state index >= 15 is 0 Å². The quantitative estimate of drug-likeness (QED) is 0.297. The number of piperazine rings is 1. The zero-order valence-corrected chi connectivity index (χ0v) is 27.3. The zero-order chi connectivity index (χ0) is 33.9. The molecule has 0 amide bonds. The molecule has 5 aliphatic heterocycles. The van der Waals surface area contributed by atoms with Crippen molar-refractivity contribution in [2.45, 2.75) is 62.1 Å². The van der Waals surface area contributed by atoms with Crippen LogP contribution in [0.15, 0.2) is 47.4 Å². The molecule has 8 rings (SSSR count). The molecule has 2 N–H and O–H groups in total. The van der Waals surface area contributed by atoms with Gasteiger partial charge in [-0.25, -0.2) is 9.18 Å². The number of carboxylic acids is 1. The molecule has 0 radical (unpaired) electrons. The molecule has 5 aliphatic rings. The summed E-state index contributed by atoms with van der Waals surface area (Å²) in [5.74, 6) is -2.46. The summed E-state index contributed by atoms with van der Waals surface area (Å²) in [4.78, 5) is 42.9. The smallest absolute Gasteiger partial charge is 0.341 e. The third-order valence-electron chi connectivity index (χ3n) is 10.5. The molecule has 256 valence electrons. The average molecular weight is 665 g/mol. The van der Waals surface area contributed by atoms with E-state index in [1.807, 2.05) is 49.2 Å². The number of epoxide rings is 1. The van der Waals surface area contributed by atoms with E-state index in [1.165, 1.54) is 6.20 Å². The van der Waals surface area contributed by atoms with Crippen molar-refractivity contribution in [1.82, 2.24) is 14.4 Å². The maximum Gasteiger partial charge on any atom is 0.341 e. The number of aliphatic hydroxyl groups is 1. The molecule has 0 aliphatic carbocycles. The van der Waals surface area contributed by atoms with Crippen molar-refractivity contribution in [3.05, 3.63) is 69.8 Å². The number of carbonyl (C=O) groups is 2. The largest absolute Gasteiger partial charge is 0.487 e. The summed E-state index contributed by atoms with van der Waals surface area (Å²) in [5, 5.41) is 18.9. The summed E-state index contributed by atoms with van der Waals surface area (Å²) < 4.78 is 33.9. The van der Waals surface area contributed by atoms with Crippen molar-refractivity contribution in [2.75, 3.05) is 58.4 Å². The molecular formula is C35H41FN4O8. The number of aromatic carboxylic acids is 1. The van der Waals surface area contributed by atoms with Gasteiger partial charge in [-0.1, -0.05) is 30.3 Å². The molecule has 12 nitrogen and oxygen atoms in total. The fourth-order valence-corrected chi connectivity index (χ4v) is 7.73. The van der Waals surface area contributed by atoms with Gasteiger partial charge in [0.25, 0.3) is 0 Å². The number of aliphatic hydroxyl groups excluding tert-OH is 1. The molecule has 2 aromatic carbocycles. The van der Waals surface area contributed by atoms with Crippen LogP contribution in [0.25, 0.3) is 10.9 Å². The van der Waals surface area contributed by atoms with Crippen LogP contribution in [0.3, 0.4) is 0 Å². The third-order valence-corrected chi connectivity index (χ3v) is 10.5. The van der Waals surface area contributed by atoms with Crippen LogP contribution < -0.4 is 15.1 Å². The van der Waals surface area contributed by atoms with E-state index in [1.54, 1.807) is 4.57 Å². The Balaban J connectivity index is 0.000000154. The van der Waals surface area contributed by atoms with Crippen LogP contribution in [0.5, 0.6) is 5.75 Å². The number of morpholine rings is 1. The van der Waals surface area contributed by atoms with Crippen LogP contribution in [0.4, 0.5) is 10.1 Å². The van der Waals surface area contributed by atoms with E-state index in [0.29, 0.717) is 54.3 Å². The van der Waals surface area contributed by atoms with E-state index in [4.69, 9.17) is 14.2 Å². The molecule has 7 atom stereocenters. The lowest BCUT2D eigenvalue weighted by atomic mass is 9.97. The Morgan fingerprint density at radius 3 is 2.35 bits per heavy atom. The first kappa shape index (κ1) is 32.5. The Morgan fingerprint density at radius 1 is 1.06 bits per heavy atom. The van der Waals surface area contributed by atoms with Crippen molar-refractivity contribution in [3.8, 4) is 5.75 Å². The van der Waals surface area contributed by atoms with Crippen LogP contribution >= 0.6 is 0 Å². The molecule has 0 unspecified atom stereocenters. The van der Waals surface area contributed by atoms with Gasteiger partial charge in [-0.2, -0.15) is 0 Å². The Bertz CT molecular complexity index is 1760. The fourth-order valence-electron chi connectivity index (χ4n) is 7.73. The number of nitrogens with zero attached hydrogens (tertiary/aromatic N) is 4. The predicted octanol–water partition coefficient (Wildman–Crippen LogP) is 2.46. The highest BCUT2D eigenvalue weighted by atomic mass is 19.1. The molecule has 4 fully saturated rings. The van der Waals surface area contributed by atoms with Crippen molar-refractivity contribution in [1.29, 1.82) is 0 Å². The minimum absolute atomic E-state index is 0.0434. The fraction of sp³-hybridized carbons (Fsp3) is 0.514. The summed E-state index contributed by atoms with van der Waals surface area (Å²) >= 11 is 0. The monoisotopic (exact) mass is 664 g/mol. The van der Waals surface area contributed by atoms with Gasteiger partial charge < -0.3 is 38.8 Å². The van der Waals surface area contributed by atoms with Crippen LogP contribution in [0.2, 0.25) is 0 Å². The maximum absolute atomic E-state index is 15.0. The van der Waals surface area contributed by atoms with Gasteiger partial charge in [-0.3, -0.25) is 14.5 Å². The van der Waals surface area contributed by atoms with Crippen LogP contribution in [-0.2, 0) is 14.3 Å². The molecule has 4 saturated heterocycles. The second-order valence-electron chi connectivity index (χ2n) is 13.5. The minimum Gasteiger partial charge on any atom is -0.487 e. The summed E-state index contributed by atoms with van der Waals surface area (Å²) in [5.41, 5.74) is 0.579. The number of benzene rings is 2. The number of hydrogen-bond acceptors (Lipinski definition) is 10. The summed E-state index contributed by atoms with van der Waals surface area (Å²) in [6.07, 6.45) is 3.60. The normalized spacial score (nSPS) is 28.1. The first-order valence-electron chi connectivity index (χ1n) is 16.5. The van der Waals surface area contributed by atoms with Gasteiger partial charge in [-0.05, 0) is 32.6 Å². The minimum atomic E-state index is -1.32. The topological polar surface area (TPSA) is 137 Å². The van der Waals surface area contributed by atoms with E-state index in [0.717, 1.165) is 37.6 Å². The number of rotatable bonds is 6. The lowest BCUT2D eigenvalue weighted by Crippen LogP contribution is -2.48. The Hall–Kier alpha value is -4.04. The highest BCUT2D eigenvalue weighted by molar-refractivity contribution is 5.97. The van der Waals surface area contributed by atoms with Crippen LogP contribution in [-0.4, -0.2) is 120 Å². The number of ether oxygens (including phenoxy) is 3. The molecule has 13 heteroatoms. The van der Waals surface area contributed by atoms with Gasteiger partial charge >= 0.3 is 11.9 Å². The van der Waals surface area contributed by atoms with Gasteiger partial charge in [0.05, 0.1) is 23.6 Å². The van der Waals surface area contributed by atoms with Gasteiger partial charge in [0.15, 0.2) is 11.6 Å². The highest BCUT2D eigenvalue weighted by Crippen LogP contribution is 2.48. The Labute approximate surface area is 277 Å². The molecule has 0 saturated carbocycles. The standard InChI is InChI=1S/C18H20FN3O4.C17H21NO4/c1-10-9-26-17-14-11(16(23)12(18(24)25)8-22(10)14)7-13(19)15(17)21-5-3-20(2)4-6-21;1-18-13-7-11(8-14(18)16-15(13)22-16)21-17(20)12(9-19)10-5-3-2-4-6-10/h7-8,10H,3-6,9H2,1-2H3,(H,24,25);2-6,11-16,19H,7-9H2,1H3/t10-;11-,12-,13-,14+,15-,16+/m01/s1. The van der Waals surface area contributed by atoms with E-state index < -0.39 is 23.1 Å². The SMILES string of the molecule is CN1[C@@H]2C[C@@H](OC(=O)[C@H](CO)c3ccccc3)C[C@H]1[C@@H]1O[C@@H]12.C[C@H]1COc2c(N3CCN(C)CC3)c(F)cc3c(=O)c(C(=O)O)cn1c23. The van der Waals surface area contributed by atoms with Crippen LogP contribution in [0, 0.1) is 5.82 Å². The second kappa shape index (κ2) is 12.8. The number of fused-ring (bicyclic) bond motifs is 5. The number of likely N-dealkylation sites (N-methyl/N-ethyl adjacent to an activating group) is 2. The Kier molecular flexibility index (Phi) is 8.65. The lowest BCUT2D eigenvalue weighted by Gasteiger charge is -2.38. The lowest BCUT2D eigenvalue weighted by molar-refractivity contribution is -0.156. The number of halogens is 1. The number of aromatic nitrogens is 1. The van der Waals surface area contributed by atoms with Gasteiger partial charge in [-0.15, -0.1) is 0 Å². The Morgan fingerprint density at radius 2 is 1.73 bits per heavy atom. The number of pyridine rings is 1.